The molecular weight excluding hydrogens is 221 g/mol. The first-order valence-electron chi connectivity index (χ1n) is 4.62. The predicted octanol–water partition coefficient (Wildman–Crippen LogP) is 3.69. The zero-order valence-electron chi connectivity index (χ0n) is 8.05. The molecule has 1 nitrogen and oxygen atoms in total. The van der Waals surface area contributed by atoms with E-state index in [4.69, 9.17) is 17.4 Å². The average Bonchev–Trinajstić information content (AvgIpc) is 2.30. The van der Waals surface area contributed by atoms with Gasteiger partial charge in [0, 0.05) is 5.56 Å². The van der Waals surface area contributed by atoms with Crippen molar-refractivity contribution in [1.29, 1.82) is 5.16 Å². The molecule has 15 heavy (non-hydrogen) atoms. The molecule has 0 fully saturated rings. The molecule has 2 aromatic carbocycles. The summed E-state index contributed by atoms with van der Waals surface area (Å²) in [7, 11) is 0. The van der Waals surface area contributed by atoms with Gasteiger partial charge < -0.3 is 12.2 Å². The molecular formula is C12H10NPS. The average molecular weight is 231 g/mol. The first-order valence-corrected chi connectivity index (χ1v) is 6.97. The minimum atomic E-state index is -1.21. The Hall–Kier alpha value is -1.11. The van der Waals surface area contributed by atoms with Gasteiger partial charge in [-0.05, 0) is 17.7 Å². The molecule has 0 aliphatic carbocycles. The van der Waals surface area contributed by atoms with Crippen LogP contribution in [0.1, 0.15) is 0 Å². The van der Waals surface area contributed by atoms with Crippen LogP contribution in [0.4, 0.5) is 0 Å². The standard InChI is InChI=1S/C12H10NPS/c13-14(15)12-9-5-4-8-11(12)10-6-2-1-3-7-10/h1-9,13H. The van der Waals surface area contributed by atoms with Crippen molar-refractivity contribution >= 4 is 24.5 Å². The molecule has 0 aliphatic rings. The van der Waals surface area contributed by atoms with Gasteiger partial charge in [0.15, 0.2) is 5.30 Å². The summed E-state index contributed by atoms with van der Waals surface area (Å²) in [6.07, 6.45) is 0. The highest BCUT2D eigenvalue weighted by molar-refractivity contribution is 8.31. The molecule has 1 atom stereocenters. The van der Waals surface area contributed by atoms with Crippen LogP contribution in [0.2, 0.25) is 0 Å². The van der Waals surface area contributed by atoms with E-state index in [9.17, 15) is 0 Å². The largest absolute Gasteiger partial charge is 0.463 e. The lowest BCUT2D eigenvalue weighted by Gasteiger charge is -2.04. The van der Waals surface area contributed by atoms with Gasteiger partial charge in [-0.25, -0.2) is 0 Å². The second kappa shape index (κ2) is 4.61. The lowest BCUT2D eigenvalue weighted by molar-refractivity contribution is 1.62. The lowest BCUT2D eigenvalue weighted by Crippen LogP contribution is -1.99. The monoisotopic (exact) mass is 231 g/mol. The molecule has 3 heteroatoms. The third kappa shape index (κ3) is 2.28. The summed E-state index contributed by atoms with van der Waals surface area (Å²) in [5.41, 5.74) is 2.23. The second-order valence-electron chi connectivity index (χ2n) is 3.18. The molecule has 0 radical (unpaired) electrons. The molecule has 2 aromatic rings. The molecule has 0 heterocycles. The lowest BCUT2D eigenvalue weighted by atomic mass is 10.1. The zero-order valence-corrected chi connectivity index (χ0v) is 9.76. The molecule has 0 aliphatic heterocycles. The smallest absolute Gasteiger partial charge is 0.155 e. The van der Waals surface area contributed by atoms with Crippen molar-refractivity contribution in [3.05, 3.63) is 54.6 Å². The highest BCUT2D eigenvalue weighted by Gasteiger charge is 2.09. The maximum absolute atomic E-state index is 7.69. The number of nitrogens with one attached hydrogen (secondary N) is 1. The summed E-state index contributed by atoms with van der Waals surface area (Å²) >= 11 is 5.06. The molecule has 1 N–H and O–H groups in total. The van der Waals surface area contributed by atoms with Gasteiger partial charge in [-0.2, -0.15) is 0 Å². The third-order valence-corrected chi connectivity index (χ3v) is 3.63. The summed E-state index contributed by atoms with van der Waals surface area (Å²) < 4.78 is 0. The van der Waals surface area contributed by atoms with E-state index in [1.807, 2.05) is 54.6 Å². The van der Waals surface area contributed by atoms with Gasteiger partial charge in [-0.1, -0.05) is 42.5 Å². The van der Waals surface area contributed by atoms with Crippen molar-refractivity contribution in [1.82, 2.24) is 0 Å². The van der Waals surface area contributed by atoms with Crippen LogP contribution in [0.5, 0.6) is 0 Å². The van der Waals surface area contributed by atoms with Gasteiger partial charge >= 0.3 is 0 Å². The molecule has 0 saturated heterocycles. The maximum atomic E-state index is 7.69. The summed E-state index contributed by atoms with van der Waals surface area (Å²) in [6, 6.07) is 18.0. The van der Waals surface area contributed by atoms with E-state index in [1.165, 1.54) is 0 Å². The Bertz CT molecular complexity index is 482. The molecule has 0 bridgehead atoms. The van der Waals surface area contributed by atoms with E-state index in [0.717, 1.165) is 16.4 Å². The van der Waals surface area contributed by atoms with E-state index in [2.05, 4.69) is 0 Å². The molecule has 74 valence electrons. The van der Waals surface area contributed by atoms with Crippen LogP contribution < -0.4 is 5.30 Å². The summed E-state index contributed by atoms with van der Waals surface area (Å²) in [4.78, 5) is 0. The topological polar surface area (TPSA) is 23.9 Å². The van der Waals surface area contributed by atoms with Crippen LogP contribution in [0, 0.1) is 5.16 Å². The van der Waals surface area contributed by atoms with Crippen LogP contribution in [-0.4, -0.2) is 0 Å². The van der Waals surface area contributed by atoms with Gasteiger partial charge in [-0.15, -0.1) is 5.16 Å². The van der Waals surface area contributed by atoms with Crippen molar-refractivity contribution in [3.8, 4) is 11.1 Å². The molecule has 0 aromatic heterocycles. The quantitative estimate of drug-likeness (QED) is 0.618. The minimum Gasteiger partial charge on any atom is -0.463 e. The summed E-state index contributed by atoms with van der Waals surface area (Å²) in [5, 5.41) is 8.65. The van der Waals surface area contributed by atoms with E-state index in [1.54, 1.807) is 0 Å². The van der Waals surface area contributed by atoms with Crippen LogP contribution in [0.25, 0.3) is 11.1 Å². The van der Waals surface area contributed by atoms with Crippen molar-refractivity contribution in [2.75, 3.05) is 0 Å². The van der Waals surface area contributed by atoms with Crippen molar-refractivity contribution < 1.29 is 0 Å². The summed E-state index contributed by atoms with van der Waals surface area (Å²) in [5.74, 6) is 0. The Balaban J connectivity index is 2.58. The van der Waals surface area contributed by atoms with Gasteiger partial charge in [0.25, 0.3) is 0 Å². The fraction of sp³-hybridized carbons (Fsp3) is 0. The molecule has 2 rings (SSSR count). The van der Waals surface area contributed by atoms with E-state index < -0.39 is 6.92 Å². The second-order valence-corrected chi connectivity index (χ2v) is 5.34. The predicted molar refractivity (Wildman–Crippen MR) is 68.5 cm³/mol. The van der Waals surface area contributed by atoms with Crippen molar-refractivity contribution in [2.24, 2.45) is 0 Å². The fourth-order valence-electron chi connectivity index (χ4n) is 1.51. The van der Waals surface area contributed by atoms with E-state index in [0.29, 0.717) is 0 Å². The highest BCUT2D eigenvalue weighted by Crippen LogP contribution is 2.26. The van der Waals surface area contributed by atoms with Crippen molar-refractivity contribution in [2.45, 2.75) is 0 Å². The van der Waals surface area contributed by atoms with Crippen LogP contribution in [-0.2, 0) is 12.2 Å². The van der Waals surface area contributed by atoms with Gasteiger partial charge in [-0.3, -0.25) is 0 Å². The van der Waals surface area contributed by atoms with Crippen LogP contribution >= 0.6 is 6.92 Å². The molecule has 1 unspecified atom stereocenters. The SMILES string of the molecule is N=[P+]([S-])c1ccccc1-c1ccccc1. The number of rotatable bonds is 2. The number of hydrogen-bond acceptors (Lipinski definition) is 2. The summed E-state index contributed by atoms with van der Waals surface area (Å²) in [6.45, 7) is -1.21. The zero-order chi connectivity index (χ0) is 10.7. The van der Waals surface area contributed by atoms with Crippen LogP contribution in [0.3, 0.4) is 0 Å². The fourth-order valence-corrected chi connectivity index (χ4v) is 2.63. The number of hydrogen-bond donors (Lipinski definition) is 1. The molecule has 0 amide bonds. The normalized spacial score (nSPS) is 11.1. The molecule has 0 spiro atoms. The Kier molecular flexibility index (Phi) is 3.20. The Morgan fingerprint density at radius 3 is 2.13 bits per heavy atom. The van der Waals surface area contributed by atoms with Gasteiger partial charge in [0.1, 0.15) is 6.92 Å². The maximum Gasteiger partial charge on any atom is 0.155 e. The minimum absolute atomic E-state index is 0.966. The highest BCUT2D eigenvalue weighted by atomic mass is 32.7. The van der Waals surface area contributed by atoms with Gasteiger partial charge in [0.05, 0.1) is 0 Å². The first-order chi connectivity index (χ1) is 7.29. The number of benzene rings is 2. The van der Waals surface area contributed by atoms with Crippen LogP contribution in [0.15, 0.2) is 54.6 Å². The van der Waals surface area contributed by atoms with Gasteiger partial charge in [0.2, 0.25) is 0 Å². The Morgan fingerprint density at radius 2 is 1.47 bits per heavy atom. The van der Waals surface area contributed by atoms with Crippen molar-refractivity contribution in [3.63, 3.8) is 0 Å². The first kappa shape index (κ1) is 10.4. The third-order valence-electron chi connectivity index (χ3n) is 2.21. The van der Waals surface area contributed by atoms with E-state index >= 15 is 0 Å². The Morgan fingerprint density at radius 1 is 0.867 bits per heavy atom. The Labute approximate surface area is 95.6 Å². The molecule has 0 saturated carbocycles. The van der Waals surface area contributed by atoms with E-state index in [-0.39, 0.29) is 0 Å².